The van der Waals surface area contributed by atoms with Crippen molar-refractivity contribution in [2.24, 2.45) is 0 Å². The highest BCUT2D eigenvalue weighted by Gasteiger charge is 2.06. The summed E-state index contributed by atoms with van der Waals surface area (Å²) in [6, 6.07) is 16.0. The predicted octanol–water partition coefficient (Wildman–Crippen LogP) is 3.42. The molecule has 0 aliphatic heterocycles. The number of aliphatic hydroxyl groups excluding tert-OH is 1. The number of hydrogen-bond donors (Lipinski definition) is 2. The Kier molecular flexibility index (Phi) is 4.39. The van der Waals surface area contributed by atoms with Gasteiger partial charge in [-0.25, -0.2) is 9.07 Å². The van der Waals surface area contributed by atoms with Gasteiger partial charge in [-0.15, -0.1) is 0 Å². The van der Waals surface area contributed by atoms with Crippen LogP contribution in [0.4, 0.5) is 10.2 Å². The maximum Gasteiger partial charge on any atom is 0.148 e. The molecular weight excluding hydrogens is 293 g/mol. The monoisotopic (exact) mass is 311 g/mol. The molecule has 0 aliphatic carbocycles. The lowest BCUT2D eigenvalue weighted by Crippen LogP contribution is -2.02. The number of aromatic nitrogens is 2. The summed E-state index contributed by atoms with van der Waals surface area (Å²) in [6.07, 6.45) is 0. The van der Waals surface area contributed by atoms with E-state index >= 15 is 0 Å². The number of halogens is 1. The van der Waals surface area contributed by atoms with Crippen LogP contribution in [0.25, 0.3) is 5.69 Å². The van der Waals surface area contributed by atoms with Gasteiger partial charge in [0.1, 0.15) is 11.6 Å². The van der Waals surface area contributed by atoms with Crippen molar-refractivity contribution in [3.8, 4) is 5.69 Å². The summed E-state index contributed by atoms with van der Waals surface area (Å²) < 4.78 is 14.8. The minimum Gasteiger partial charge on any atom is -0.392 e. The molecule has 2 N–H and O–H groups in total. The number of hydrogen-bond acceptors (Lipinski definition) is 3. The van der Waals surface area contributed by atoms with E-state index in [0.717, 1.165) is 28.3 Å². The van der Waals surface area contributed by atoms with Crippen molar-refractivity contribution in [3.05, 3.63) is 77.2 Å². The van der Waals surface area contributed by atoms with Crippen molar-refractivity contribution in [3.63, 3.8) is 0 Å². The van der Waals surface area contributed by atoms with Crippen LogP contribution in [0, 0.1) is 12.7 Å². The van der Waals surface area contributed by atoms with Crippen LogP contribution in [0.3, 0.4) is 0 Å². The Morgan fingerprint density at radius 2 is 1.70 bits per heavy atom. The third kappa shape index (κ3) is 3.57. The lowest BCUT2D eigenvalue weighted by atomic mass is 10.1. The van der Waals surface area contributed by atoms with Crippen molar-refractivity contribution in [2.75, 3.05) is 5.32 Å². The Morgan fingerprint density at radius 1 is 1.04 bits per heavy atom. The highest BCUT2D eigenvalue weighted by Crippen LogP contribution is 2.16. The fourth-order valence-electron chi connectivity index (χ4n) is 2.36. The fraction of sp³-hybridized carbons (Fsp3) is 0.167. The zero-order valence-electron chi connectivity index (χ0n) is 12.8. The average molecular weight is 311 g/mol. The van der Waals surface area contributed by atoms with E-state index in [0.29, 0.717) is 6.54 Å². The number of nitrogens with zero attached hydrogens (tertiary/aromatic N) is 2. The van der Waals surface area contributed by atoms with Crippen LogP contribution in [0.2, 0.25) is 0 Å². The molecule has 0 bridgehead atoms. The van der Waals surface area contributed by atoms with Crippen LogP contribution in [0.15, 0.2) is 54.6 Å². The molecule has 3 aromatic rings. The van der Waals surface area contributed by atoms with Crippen LogP contribution < -0.4 is 5.32 Å². The minimum atomic E-state index is -0.261. The van der Waals surface area contributed by atoms with E-state index in [-0.39, 0.29) is 12.4 Å². The quantitative estimate of drug-likeness (QED) is 0.759. The molecule has 5 heteroatoms. The molecule has 0 unspecified atom stereocenters. The lowest BCUT2D eigenvalue weighted by molar-refractivity contribution is 0.282. The Labute approximate surface area is 134 Å². The topological polar surface area (TPSA) is 50.1 Å². The third-order valence-electron chi connectivity index (χ3n) is 3.64. The van der Waals surface area contributed by atoms with E-state index in [9.17, 15) is 4.39 Å². The van der Waals surface area contributed by atoms with Gasteiger partial charge in [0.05, 0.1) is 12.3 Å². The molecule has 0 radical (unpaired) electrons. The van der Waals surface area contributed by atoms with Gasteiger partial charge in [0.2, 0.25) is 0 Å². The van der Waals surface area contributed by atoms with Crippen LogP contribution in [-0.4, -0.2) is 14.9 Å². The fourth-order valence-corrected chi connectivity index (χ4v) is 2.36. The smallest absolute Gasteiger partial charge is 0.148 e. The first-order valence-corrected chi connectivity index (χ1v) is 7.41. The first kappa shape index (κ1) is 15.2. The van der Waals surface area contributed by atoms with Gasteiger partial charge in [-0.2, -0.15) is 5.10 Å². The SMILES string of the molecule is Cc1cc(NCc2ccc(CO)cc2)nn1-c1ccc(F)cc1. The molecule has 1 heterocycles. The van der Waals surface area contributed by atoms with Gasteiger partial charge in [0, 0.05) is 18.3 Å². The van der Waals surface area contributed by atoms with Crippen LogP contribution in [0.1, 0.15) is 16.8 Å². The zero-order valence-corrected chi connectivity index (χ0v) is 12.8. The molecular formula is C18H18FN3O. The van der Waals surface area contributed by atoms with E-state index in [1.165, 1.54) is 12.1 Å². The van der Waals surface area contributed by atoms with Crippen molar-refractivity contribution in [1.82, 2.24) is 9.78 Å². The Hall–Kier alpha value is -2.66. The maximum absolute atomic E-state index is 13.0. The first-order chi connectivity index (χ1) is 11.2. The molecule has 0 amide bonds. The molecule has 0 atom stereocenters. The Bertz CT molecular complexity index is 779. The molecule has 0 fully saturated rings. The molecule has 4 nitrogen and oxygen atoms in total. The Morgan fingerprint density at radius 3 is 2.35 bits per heavy atom. The van der Waals surface area contributed by atoms with E-state index < -0.39 is 0 Å². The van der Waals surface area contributed by atoms with Crippen molar-refractivity contribution in [1.29, 1.82) is 0 Å². The van der Waals surface area contributed by atoms with Crippen LogP contribution in [-0.2, 0) is 13.2 Å². The van der Waals surface area contributed by atoms with Gasteiger partial charge in [0.25, 0.3) is 0 Å². The van der Waals surface area contributed by atoms with Gasteiger partial charge in [0.15, 0.2) is 0 Å². The number of nitrogens with one attached hydrogen (secondary N) is 1. The number of rotatable bonds is 5. The molecule has 0 aliphatic rings. The summed E-state index contributed by atoms with van der Waals surface area (Å²) in [4.78, 5) is 0. The highest BCUT2D eigenvalue weighted by molar-refractivity contribution is 5.42. The second-order valence-corrected chi connectivity index (χ2v) is 5.39. The predicted molar refractivity (Wildman–Crippen MR) is 88.0 cm³/mol. The standard InChI is InChI=1S/C18H18FN3O/c1-13-10-18(20-11-14-2-4-15(12-23)5-3-14)21-22(13)17-8-6-16(19)7-9-17/h2-10,23H,11-12H2,1H3,(H,20,21). The largest absolute Gasteiger partial charge is 0.392 e. The molecule has 0 spiro atoms. The molecule has 1 aromatic heterocycles. The summed E-state index contributed by atoms with van der Waals surface area (Å²) in [5.74, 6) is 0.501. The van der Waals surface area contributed by atoms with Crippen LogP contribution in [0.5, 0.6) is 0 Å². The Balaban J connectivity index is 1.71. The number of anilines is 1. The molecule has 0 saturated carbocycles. The second kappa shape index (κ2) is 6.62. The first-order valence-electron chi connectivity index (χ1n) is 7.41. The molecule has 118 valence electrons. The van der Waals surface area contributed by atoms with Crippen molar-refractivity contribution in [2.45, 2.75) is 20.1 Å². The van der Waals surface area contributed by atoms with Gasteiger partial charge >= 0.3 is 0 Å². The summed E-state index contributed by atoms with van der Waals surface area (Å²) in [7, 11) is 0. The van der Waals surface area contributed by atoms with Gasteiger partial charge in [-0.1, -0.05) is 24.3 Å². The van der Waals surface area contributed by atoms with E-state index in [1.807, 2.05) is 37.3 Å². The van der Waals surface area contributed by atoms with Crippen molar-refractivity contribution < 1.29 is 9.50 Å². The molecule has 2 aromatic carbocycles. The third-order valence-corrected chi connectivity index (χ3v) is 3.64. The number of aliphatic hydroxyl groups is 1. The lowest BCUT2D eigenvalue weighted by Gasteiger charge is -2.05. The molecule has 23 heavy (non-hydrogen) atoms. The second-order valence-electron chi connectivity index (χ2n) is 5.39. The molecule has 0 saturated heterocycles. The summed E-state index contributed by atoms with van der Waals surface area (Å²) in [5.41, 5.74) is 3.79. The van der Waals surface area contributed by atoms with E-state index in [1.54, 1.807) is 16.8 Å². The van der Waals surface area contributed by atoms with E-state index in [4.69, 9.17) is 5.11 Å². The summed E-state index contributed by atoms with van der Waals surface area (Å²) >= 11 is 0. The summed E-state index contributed by atoms with van der Waals surface area (Å²) in [6.45, 7) is 2.65. The van der Waals surface area contributed by atoms with Gasteiger partial charge < -0.3 is 10.4 Å². The number of aryl methyl sites for hydroxylation is 1. The van der Waals surface area contributed by atoms with Gasteiger partial charge in [-0.05, 0) is 42.3 Å². The summed E-state index contributed by atoms with van der Waals surface area (Å²) in [5, 5.41) is 16.8. The van der Waals surface area contributed by atoms with Crippen LogP contribution >= 0.6 is 0 Å². The van der Waals surface area contributed by atoms with Crippen molar-refractivity contribution >= 4 is 5.82 Å². The normalized spacial score (nSPS) is 10.7. The van der Waals surface area contributed by atoms with E-state index in [2.05, 4.69) is 10.4 Å². The van der Waals surface area contributed by atoms with Gasteiger partial charge in [-0.3, -0.25) is 0 Å². The highest BCUT2D eigenvalue weighted by atomic mass is 19.1. The average Bonchev–Trinajstić information content (AvgIpc) is 2.95. The number of benzene rings is 2. The zero-order chi connectivity index (χ0) is 16.2. The molecule has 3 rings (SSSR count). The minimum absolute atomic E-state index is 0.0506. The maximum atomic E-state index is 13.0.